The molecular formula is C17H17O2. The van der Waals surface area contributed by atoms with Crippen LogP contribution in [0.1, 0.15) is 11.1 Å². The van der Waals surface area contributed by atoms with Crippen molar-refractivity contribution in [1.29, 1.82) is 0 Å². The summed E-state index contributed by atoms with van der Waals surface area (Å²) < 4.78 is 5.50. The molecule has 2 nitrogen and oxygen atoms in total. The lowest BCUT2D eigenvalue weighted by atomic mass is 10.0. The predicted molar refractivity (Wildman–Crippen MR) is 77.3 cm³/mol. The van der Waals surface area contributed by atoms with E-state index in [0.29, 0.717) is 6.61 Å². The van der Waals surface area contributed by atoms with Gasteiger partial charge in [-0.15, -0.1) is 0 Å². The van der Waals surface area contributed by atoms with Crippen LogP contribution in [-0.2, 0) is 6.42 Å². The van der Waals surface area contributed by atoms with E-state index in [1.54, 1.807) is 18.2 Å². The number of rotatable bonds is 6. The maximum atomic E-state index is 9.40. The van der Waals surface area contributed by atoms with Gasteiger partial charge < -0.3 is 9.84 Å². The van der Waals surface area contributed by atoms with Crippen molar-refractivity contribution in [2.75, 3.05) is 6.61 Å². The Hall–Kier alpha value is -2.22. The first kappa shape index (κ1) is 13.2. The summed E-state index contributed by atoms with van der Waals surface area (Å²) in [6.45, 7) is 4.14. The zero-order valence-corrected chi connectivity index (χ0v) is 10.8. The lowest BCUT2D eigenvalue weighted by Crippen LogP contribution is -1.94. The van der Waals surface area contributed by atoms with Crippen molar-refractivity contribution in [1.82, 2.24) is 0 Å². The van der Waals surface area contributed by atoms with Crippen LogP contribution in [0, 0.1) is 6.42 Å². The highest BCUT2D eigenvalue weighted by Crippen LogP contribution is 2.18. The summed E-state index contributed by atoms with van der Waals surface area (Å²) in [5, 5.41) is 9.40. The van der Waals surface area contributed by atoms with Crippen molar-refractivity contribution < 1.29 is 9.84 Å². The molecule has 0 unspecified atom stereocenters. The molecule has 2 aromatic rings. The Morgan fingerprint density at radius 2 is 1.95 bits per heavy atom. The highest BCUT2D eigenvalue weighted by Gasteiger charge is 1.99. The summed E-state index contributed by atoms with van der Waals surface area (Å²) >= 11 is 0. The molecule has 2 heteroatoms. The van der Waals surface area contributed by atoms with Gasteiger partial charge in [0.05, 0.1) is 0 Å². The number of phenolic OH excluding ortho intramolecular Hbond substituents is 1. The minimum Gasteiger partial charge on any atom is -0.508 e. The van der Waals surface area contributed by atoms with E-state index >= 15 is 0 Å². The number of hydrogen-bond donors (Lipinski definition) is 1. The lowest BCUT2D eigenvalue weighted by molar-refractivity contribution is 0.363. The fourth-order valence-electron chi connectivity index (χ4n) is 1.80. The Morgan fingerprint density at radius 1 is 1.11 bits per heavy atom. The molecule has 0 aromatic heterocycles. The fourth-order valence-corrected chi connectivity index (χ4v) is 1.80. The summed E-state index contributed by atoms with van der Waals surface area (Å²) in [6, 6.07) is 15.2. The first-order valence-corrected chi connectivity index (χ1v) is 6.23. The predicted octanol–water partition coefficient (Wildman–Crippen LogP) is 3.75. The quantitative estimate of drug-likeness (QED) is 0.794. The van der Waals surface area contributed by atoms with Crippen LogP contribution in [0.3, 0.4) is 0 Å². The van der Waals surface area contributed by atoms with Crippen LogP contribution >= 0.6 is 0 Å². The summed E-state index contributed by atoms with van der Waals surface area (Å²) in [7, 11) is 0. The van der Waals surface area contributed by atoms with Gasteiger partial charge in [0.1, 0.15) is 18.1 Å². The van der Waals surface area contributed by atoms with Gasteiger partial charge in [0.15, 0.2) is 0 Å². The molecule has 2 aromatic carbocycles. The molecule has 19 heavy (non-hydrogen) atoms. The fraction of sp³-hybridized carbons (Fsp3) is 0.118. The molecule has 0 saturated heterocycles. The number of hydrogen-bond acceptors (Lipinski definition) is 2. The summed E-state index contributed by atoms with van der Waals surface area (Å²) in [5.41, 5.74) is 2.18. The second kappa shape index (κ2) is 6.64. The van der Waals surface area contributed by atoms with E-state index < -0.39 is 0 Å². The standard InChI is InChI=1S/C17H17O2/c1-2-11-19-17-8-4-6-15(13-17)10-9-14-5-3-7-16(18)12-14/h2-9,12-13,18H,1,10-11H2. The topological polar surface area (TPSA) is 29.5 Å². The van der Waals surface area contributed by atoms with Crippen molar-refractivity contribution >= 4 is 0 Å². The molecule has 0 aliphatic carbocycles. The first-order chi connectivity index (χ1) is 9.28. The summed E-state index contributed by atoms with van der Waals surface area (Å²) in [6.07, 6.45) is 4.60. The Kier molecular flexibility index (Phi) is 4.62. The number of ether oxygens (including phenoxy) is 1. The van der Waals surface area contributed by atoms with Crippen molar-refractivity contribution in [2.45, 2.75) is 6.42 Å². The number of phenols is 1. The average molecular weight is 253 g/mol. The molecule has 0 saturated carbocycles. The molecule has 0 fully saturated rings. The minimum atomic E-state index is 0.289. The molecule has 2 rings (SSSR count). The Bertz CT molecular complexity index is 546. The van der Waals surface area contributed by atoms with Gasteiger partial charge >= 0.3 is 0 Å². The maximum absolute atomic E-state index is 9.40. The van der Waals surface area contributed by atoms with Gasteiger partial charge in [-0.25, -0.2) is 0 Å². The monoisotopic (exact) mass is 253 g/mol. The van der Waals surface area contributed by atoms with E-state index in [1.165, 1.54) is 5.56 Å². The molecule has 0 atom stereocenters. The molecule has 0 aliphatic rings. The average Bonchev–Trinajstić information content (AvgIpc) is 2.43. The molecule has 0 heterocycles. The van der Waals surface area contributed by atoms with Gasteiger partial charge in [0.25, 0.3) is 0 Å². The first-order valence-electron chi connectivity index (χ1n) is 6.23. The molecule has 1 radical (unpaired) electrons. The normalized spacial score (nSPS) is 10.1. The van der Waals surface area contributed by atoms with E-state index in [-0.39, 0.29) is 5.75 Å². The van der Waals surface area contributed by atoms with Gasteiger partial charge in [-0.3, -0.25) is 0 Å². The number of aromatic hydroxyl groups is 1. The van der Waals surface area contributed by atoms with Gasteiger partial charge in [-0.05, 0) is 48.2 Å². The lowest BCUT2D eigenvalue weighted by Gasteiger charge is -2.06. The second-order valence-electron chi connectivity index (χ2n) is 4.25. The third kappa shape index (κ3) is 4.18. The Balaban J connectivity index is 1.97. The van der Waals surface area contributed by atoms with Crippen LogP contribution in [0.25, 0.3) is 0 Å². The Morgan fingerprint density at radius 3 is 2.74 bits per heavy atom. The molecule has 97 valence electrons. The van der Waals surface area contributed by atoms with E-state index in [2.05, 4.69) is 19.1 Å². The van der Waals surface area contributed by atoms with Gasteiger partial charge in [-0.2, -0.15) is 0 Å². The molecular weight excluding hydrogens is 236 g/mol. The molecule has 0 aliphatic heterocycles. The zero-order chi connectivity index (χ0) is 13.5. The van der Waals surface area contributed by atoms with Gasteiger partial charge in [0.2, 0.25) is 0 Å². The minimum absolute atomic E-state index is 0.289. The summed E-state index contributed by atoms with van der Waals surface area (Å²) in [5.74, 6) is 1.14. The second-order valence-corrected chi connectivity index (χ2v) is 4.25. The van der Waals surface area contributed by atoms with Crippen molar-refractivity contribution in [3.63, 3.8) is 0 Å². The van der Waals surface area contributed by atoms with Crippen molar-refractivity contribution in [3.05, 3.63) is 78.7 Å². The van der Waals surface area contributed by atoms with Gasteiger partial charge in [0, 0.05) is 0 Å². The SMILES string of the molecule is C=CCOc1cccc(C[CH]c2cccc(O)c2)c1. The number of benzene rings is 2. The van der Waals surface area contributed by atoms with Crippen LogP contribution < -0.4 is 4.74 Å². The van der Waals surface area contributed by atoms with Crippen LogP contribution in [-0.4, -0.2) is 11.7 Å². The molecule has 0 bridgehead atoms. The van der Waals surface area contributed by atoms with E-state index in [4.69, 9.17) is 4.74 Å². The van der Waals surface area contributed by atoms with Crippen LogP contribution in [0.5, 0.6) is 11.5 Å². The van der Waals surface area contributed by atoms with E-state index in [9.17, 15) is 5.11 Å². The maximum Gasteiger partial charge on any atom is 0.120 e. The van der Waals surface area contributed by atoms with E-state index in [0.717, 1.165) is 17.7 Å². The van der Waals surface area contributed by atoms with Crippen molar-refractivity contribution in [3.8, 4) is 11.5 Å². The smallest absolute Gasteiger partial charge is 0.120 e. The highest BCUT2D eigenvalue weighted by atomic mass is 16.5. The highest BCUT2D eigenvalue weighted by molar-refractivity contribution is 5.35. The van der Waals surface area contributed by atoms with Gasteiger partial charge in [-0.1, -0.05) is 36.9 Å². The van der Waals surface area contributed by atoms with E-state index in [1.807, 2.05) is 30.3 Å². The van der Waals surface area contributed by atoms with Crippen molar-refractivity contribution in [2.24, 2.45) is 0 Å². The summed E-state index contributed by atoms with van der Waals surface area (Å²) in [4.78, 5) is 0. The molecule has 0 amide bonds. The third-order valence-corrected chi connectivity index (χ3v) is 2.71. The zero-order valence-electron chi connectivity index (χ0n) is 10.8. The Labute approximate surface area is 114 Å². The van der Waals surface area contributed by atoms with Crippen LogP contribution in [0.15, 0.2) is 61.2 Å². The molecule has 1 N–H and O–H groups in total. The third-order valence-electron chi connectivity index (χ3n) is 2.71. The van der Waals surface area contributed by atoms with Crippen LogP contribution in [0.2, 0.25) is 0 Å². The molecule has 0 spiro atoms. The van der Waals surface area contributed by atoms with Crippen LogP contribution in [0.4, 0.5) is 0 Å². The largest absolute Gasteiger partial charge is 0.508 e.